The fourth-order valence-electron chi connectivity index (χ4n) is 2.11. The lowest BCUT2D eigenvalue weighted by atomic mass is 10.1. The minimum absolute atomic E-state index is 0.704. The SMILES string of the molecule is CCOc1cccc(CCc2c(Br)nc(C)n2C)c1. The maximum atomic E-state index is 5.52. The molecule has 1 heterocycles. The summed E-state index contributed by atoms with van der Waals surface area (Å²) in [6.45, 7) is 4.72. The molecule has 0 aliphatic heterocycles. The highest BCUT2D eigenvalue weighted by atomic mass is 79.9. The van der Waals surface area contributed by atoms with Gasteiger partial charge in [0, 0.05) is 7.05 Å². The third kappa shape index (κ3) is 3.38. The topological polar surface area (TPSA) is 27.1 Å². The number of nitrogens with zero attached hydrogens (tertiary/aromatic N) is 2. The minimum Gasteiger partial charge on any atom is -0.494 e. The van der Waals surface area contributed by atoms with Crippen molar-refractivity contribution in [1.29, 1.82) is 0 Å². The highest BCUT2D eigenvalue weighted by molar-refractivity contribution is 9.10. The molecule has 0 atom stereocenters. The first-order chi connectivity index (χ1) is 9.11. The second-order valence-electron chi connectivity index (χ2n) is 4.54. The molecular weight excluding hydrogens is 304 g/mol. The Hall–Kier alpha value is -1.29. The molecular formula is C15H19BrN2O. The van der Waals surface area contributed by atoms with Gasteiger partial charge in [0.2, 0.25) is 0 Å². The number of halogens is 1. The van der Waals surface area contributed by atoms with Crippen LogP contribution in [0.5, 0.6) is 5.75 Å². The normalized spacial score (nSPS) is 10.7. The van der Waals surface area contributed by atoms with E-state index in [1.165, 1.54) is 11.3 Å². The Morgan fingerprint density at radius 3 is 2.74 bits per heavy atom. The van der Waals surface area contributed by atoms with E-state index in [1.54, 1.807) is 0 Å². The fraction of sp³-hybridized carbons (Fsp3) is 0.400. The number of hydrogen-bond acceptors (Lipinski definition) is 2. The van der Waals surface area contributed by atoms with Gasteiger partial charge >= 0.3 is 0 Å². The molecule has 1 aromatic heterocycles. The third-order valence-electron chi connectivity index (χ3n) is 3.25. The minimum atomic E-state index is 0.704. The number of aryl methyl sites for hydroxylation is 2. The van der Waals surface area contributed by atoms with Gasteiger partial charge in [-0.1, -0.05) is 12.1 Å². The first-order valence-electron chi connectivity index (χ1n) is 6.51. The van der Waals surface area contributed by atoms with Crippen molar-refractivity contribution in [2.24, 2.45) is 7.05 Å². The Morgan fingerprint density at radius 2 is 2.11 bits per heavy atom. The van der Waals surface area contributed by atoms with Crippen molar-refractivity contribution < 1.29 is 4.74 Å². The van der Waals surface area contributed by atoms with Gasteiger partial charge in [-0.3, -0.25) is 0 Å². The molecule has 0 fully saturated rings. The monoisotopic (exact) mass is 322 g/mol. The van der Waals surface area contributed by atoms with Crippen LogP contribution in [0.25, 0.3) is 0 Å². The van der Waals surface area contributed by atoms with Gasteiger partial charge in [0.25, 0.3) is 0 Å². The maximum Gasteiger partial charge on any atom is 0.127 e. The molecule has 0 spiro atoms. The van der Waals surface area contributed by atoms with Crippen LogP contribution < -0.4 is 4.74 Å². The zero-order valence-electron chi connectivity index (χ0n) is 11.6. The zero-order valence-corrected chi connectivity index (χ0v) is 13.2. The summed E-state index contributed by atoms with van der Waals surface area (Å²) in [6.07, 6.45) is 1.95. The summed E-state index contributed by atoms with van der Waals surface area (Å²) in [5.74, 6) is 1.98. The number of ether oxygens (including phenoxy) is 1. The van der Waals surface area contributed by atoms with E-state index in [0.29, 0.717) is 6.61 Å². The lowest BCUT2D eigenvalue weighted by Crippen LogP contribution is -2.01. The average molecular weight is 323 g/mol. The van der Waals surface area contributed by atoms with Crippen LogP contribution >= 0.6 is 15.9 Å². The molecule has 0 saturated carbocycles. The van der Waals surface area contributed by atoms with Gasteiger partial charge in [0.05, 0.1) is 12.3 Å². The first-order valence-corrected chi connectivity index (χ1v) is 7.30. The highest BCUT2D eigenvalue weighted by Crippen LogP contribution is 2.20. The quantitative estimate of drug-likeness (QED) is 0.839. The summed E-state index contributed by atoms with van der Waals surface area (Å²) < 4.78 is 8.61. The molecule has 0 aliphatic rings. The van der Waals surface area contributed by atoms with Crippen molar-refractivity contribution >= 4 is 15.9 Å². The van der Waals surface area contributed by atoms with E-state index in [9.17, 15) is 0 Å². The molecule has 2 rings (SSSR count). The molecule has 0 amide bonds. The van der Waals surface area contributed by atoms with Crippen molar-refractivity contribution in [3.05, 3.63) is 46.0 Å². The van der Waals surface area contributed by atoms with Gasteiger partial charge in [0.1, 0.15) is 16.2 Å². The second-order valence-corrected chi connectivity index (χ2v) is 5.29. The average Bonchev–Trinajstić information content (AvgIpc) is 2.62. The number of aromatic nitrogens is 2. The van der Waals surface area contributed by atoms with Crippen molar-refractivity contribution in [3.8, 4) is 5.75 Å². The molecule has 19 heavy (non-hydrogen) atoms. The molecule has 0 aliphatic carbocycles. The third-order valence-corrected chi connectivity index (χ3v) is 3.88. The number of imidazole rings is 1. The molecule has 4 heteroatoms. The number of rotatable bonds is 5. The molecule has 0 saturated heterocycles. The predicted molar refractivity (Wildman–Crippen MR) is 80.7 cm³/mol. The molecule has 0 unspecified atom stereocenters. The summed E-state index contributed by atoms with van der Waals surface area (Å²) in [7, 11) is 2.05. The molecule has 3 nitrogen and oxygen atoms in total. The molecule has 0 bridgehead atoms. The summed E-state index contributed by atoms with van der Waals surface area (Å²) in [4.78, 5) is 4.42. The van der Waals surface area contributed by atoms with Gasteiger partial charge in [0.15, 0.2) is 0 Å². The van der Waals surface area contributed by atoms with Gasteiger partial charge in [-0.15, -0.1) is 0 Å². The van der Waals surface area contributed by atoms with Crippen LogP contribution in [0.1, 0.15) is 24.0 Å². The van der Waals surface area contributed by atoms with E-state index in [-0.39, 0.29) is 0 Å². The lowest BCUT2D eigenvalue weighted by Gasteiger charge is -2.07. The number of benzene rings is 1. The van der Waals surface area contributed by atoms with Crippen molar-refractivity contribution in [2.45, 2.75) is 26.7 Å². The van der Waals surface area contributed by atoms with Gasteiger partial charge in [-0.2, -0.15) is 0 Å². The Kier molecular flexibility index (Phi) is 4.64. The van der Waals surface area contributed by atoms with Crippen molar-refractivity contribution in [3.63, 3.8) is 0 Å². The molecule has 0 radical (unpaired) electrons. The summed E-state index contributed by atoms with van der Waals surface area (Å²) in [5.41, 5.74) is 2.52. The van der Waals surface area contributed by atoms with E-state index >= 15 is 0 Å². The Morgan fingerprint density at radius 1 is 1.32 bits per heavy atom. The summed E-state index contributed by atoms with van der Waals surface area (Å²) in [5, 5.41) is 0. The van der Waals surface area contributed by atoms with E-state index in [2.05, 4.69) is 44.7 Å². The fourth-order valence-corrected chi connectivity index (χ4v) is 2.83. The zero-order chi connectivity index (χ0) is 13.8. The molecule has 2 aromatic rings. The van der Waals surface area contributed by atoms with E-state index in [4.69, 9.17) is 4.74 Å². The second kappa shape index (κ2) is 6.24. The van der Waals surface area contributed by atoms with Crippen molar-refractivity contribution in [2.75, 3.05) is 6.61 Å². The van der Waals surface area contributed by atoms with E-state index in [0.717, 1.165) is 29.0 Å². The van der Waals surface area contributed by atoms with E-state index in [1.807, 2.05) is 26.0 Å². The van der Waals surface area contributed by atoms with Crippen LogP contribution in [0, 0.1) is 6.92 Å². The van der Waals surface area contributed by atoms with Gasteiger partial charge in [-0.25, -0.2) is 4.98 Å². The predicted octanol–water partition coefficient (Wildman–Crippen LogP) is 3.67. The van der Waals surface area contributed by atoms with Crippen LogP contribution in [-0.2, 0) is 19.9 Å². The van der Waals surface area contributed by atoms with Gasteiger partial charge < -0.3 is 9.30 Å². The summed E-state index contributed by atoms with van der Waals surface area (Å²) >= 11 is 3.52. The van der Waals surface area contributed by atoms with Crippen LogP contribution in [0.15, 0.2) is 28.9 Å². The first kappa shape index (κ1) is 14.1. The number of hydrogen-bond donors (Lipinski definition) is 0. The lowest BCUT2D eigenvalue weighted by molar-refractivity contribution is 0.340. The standard InChI is InChI=1S/C15H19BrN2O/c1-4-19-13-7-5-6-12(10-13)8-9-14-15(16)17-11(2)18(14)3/h5-7,10H,4,8-9H2,1-3H3. The molecule has 0 N–H and O–H groups in total. The van der Waals surface area contributed by atoms with Crippen LogP contribution in [0.2, 0.25) is 0 Å². The molecule has 102 valence electrons. The Bertz CT molecular complexity index is 563. The van der Waals surface area contributed by atoms with Crippen LogP contribution in [-0.4, -0.2) is 16.2 Å². The van der Waals surface area contributed by atoms with E-state index < -0.39 is 0 Å². The van der Waals surface area contributed by atoms with Crippen LogP contribution in [0.3, 0.4) is 0 Å². The largest absolute Gasteiger partial charge is 0.494 e. The summed E-state index contributed by atoms with van der Waals surface area (Å²) in [6, 6.07) is 8.29. The smallest absolute Gasteiger partial charge is 0.127 e. The molecule has 1 aromatic carbocycles. The van der Waals surface area contributed by atoms with Crippen molar-refractivity contribution in [1.82, 2.24) is 9.55 Å². The highest BCUT2D eigenvalue weighted by Gasteiger charge is 2.09. The van der Waals surface area contributed by atoms with Gasteiger partial charge in [-0.05, 0) is 60.3 Å². The Labute approximate surface area is 122 Å². The Balaban J connectivity index is 2.08. The van der Waals surface area contributed by atoms with Crippen LogP contribution in [0.4, 0.5) is 0 Å². The maximum absolute atomic E-state index is 5.52.